The molecule has 6 heteroatoms. The summed E-state index contributed by atoms with van der Waals surface area (Å²) in [6.07, 6.45) is -2.37. The zero-order valence-electron chi connectivity index (χ0n) is 23.2. The van der Waals surface area contributed by atoms with Crippen molar-refractivity contribution in [2.45, 2.75) is 48.8 Å². The Morgan fingerprint density at radius 3 is 0.925 bits per heavy atom. The molecule has 1 heterocycles. The molecule has 4 atom stereocenters. The van der Waals surface area contributed by atoms with Gasteiger partial charge in [0.25, 0.3) is 0 Å². The predicted octanol–water partition coefficient (Wildman–Crippen LogP) is 5.37. The summed E-state index contributed by atoms with van der Waals surface area (Å²) in [6, 6.07) is 37.1. The molecule has 0 unspecified atom stereocenters. The summed E-state index contributed by atoms with van der Waals surface area (Å²) < 4.78 is 25.4. The highest BCUT2D eigenvalue weighted by atomic mass is 16.8. The van der Waals surface area contributed by atoms with E-state index in [-0.39, 0.29) is 0 Å². The first-order valence-electron chi connectivity index (χ1n) is 13.4. The second-order valence-electron chi connectivity index (χ2n) is 10.4. The maximum atomic E-state index is 13.0. The van der Waals surface area contributed by atoms with Gasteiger partial charge in [0, 0.05) is 14.2 Å². The van der Waals surface area contributed by atoms with E-state index in [1.165, 1.54) is 14.2 Å². The Hall–Kier alpha value is -3.36. The molecular formula is C34H36O6. The first kappa shape index (κ1) is 28.2. The van der Waals surface area contributed by atoms with E-state index in [0.29, 0.717) is 22.3 Å². The fourth-order valence-electron chi connectivity index (χ4n) is 5.66. The number of hydrogen-bond donors (Lipinski definition) is 2. The average molecular weight is 541 g/mol. The lowest BCUT2D eigenvalue weighted by Gasteiger charge is -2.58. The van der Waals surface area contributed by atoms with Gasteiger partial charge in [0.2, 0.25) is 11.6 Å². The minimum absolute atomic E-state index is 0.572. The number of hydrogen-bond acceptors (Lipinski definition) is 6. The Bertz CT molecular complexity index is 1190. The molecule has 5 rings (SSSR count). The summed E-state index contributed by atoms with van der Waals surface area (Å²) in [4.78, 5) is 0. The molecule has 0 aromatic heterocycles. The van der Waals surface area contributed by atoms with Gasteiger partial charge in [-0.2, -0.15) is 0 Å². The van der Waals surface area contributed by atoms with Crippen LogP contribution in [-0.2, 0) is 30.1 Å². The number of rotatable bonds is 8. The van der Waals surface area contributed by atoms with Crippen LogP contribution < -0.4 is 0 Å². The van der Waals surface area contributed by atoms with Crippen LogP contribution in [0.3, 0.4) is 0 Å². The number of methoxy groups -OCH3 is 2. The van der Waals surface area contributed by atoms with Crippen molar-refractivity contribution < 1.29 is 29.2 Å². The molecule has 0 aliphatic carbocycles. The van der Waals surface area contributed by atoms with E-state index in [0.717, 1.165) is 0 Å². The van der Waals surface area contributed by atoms with Crippen LogP contribution in [0.5, 0.6) is 0 Å². The molecule has 0 bridgehead atoms. The van der Waals surface area contributed by atoms with Gasteiger partial charge in [0.15, 0.2) is 0 Å². The SMILES string of the molecule is CO[C@]1(C)O[C@@H](C(O)(c2ccccc2)c2ccccc2)[C@H](C(O)(c2ccccc2)c2ccccc2)O[C@@]1(C)OC. The van der Waals surface area contributed by atoms with Gasteiger partial charge in [-0.1, -0.05) is 121 Å². The molecule has 40 heavy (non-hydrogen) atoms. The van der Waals surface area contributed by atoms with Crippen molar-refractivity contribution in [3.8, 4) is 0 Å². The lowest BCUT2D eigenvalue weighted by atomic mass is 9.71. The molecule has 1 fully saturated rings. The molecule has 0 spiro atoms. The van der Waals surface area contributed by atoms with Crippen molar-refractivity contribution in [2.75, 3.05) is 14.2 Å². The number of ether oxygens (including phenoxy) is 4. The maximum absolute atomic E-state index is 13.0. The highest BCUT2D eigenvalue weighted by Crippen LogP contribution is 2.52. The molecule has 4 aromatic rings. The van der Waals surface area contributed by atoms with Crippen LogP contribution in [0.1, 0.15) is 36.1 Å². The minimum atomic E-state index is -1.78. The van der Waals surface area contributed by atoms with E-state index in [4.69, 9.17) is 18.9 Å². The van der Waals surface area contributed by atoms with Crippen LogP contribution in [0, 0.1) is 0 Å². The second-order valence-corrected chi connectivity index (χ2v) is 10.4. The van der Waals surface area contributed by atoms with Crippen LogP contribution in [0.15, 0.2) is 121 Å². The fourth-order valence-corrected chi connectivity index (χ4v) is 5.66. The normalized spacial score (nSPS) is 25.4. The number of aliphatic hydroxyl groups is 2. The van der Waals surface area contributed by atoms with Crippen molar-refractivity contribution in [2.24, 2.45) is 0 Å². The highest BCUT2D eigenvalue weighted by Gasteiger charge is 2.66. The van der Waals surface area contributed by atoms with Gasteiger partial charge in [-0.25, -0.2) is 0 Å². The van der Waals surface area contributed by atoms with Crippen LogP contribution in [0.2, 0.25) is 0 Å². The van der Waals surface area contributed by atoms with Gasteiger partial charge < -0.3 is 29.2 Å². The van der Waals surface area contributed by atoms with Gasteiger partial charge in [0.1, 0.15) is 23.4 Å². The molecule has 208 valence electrons. The Morgan fingerprint density at radius 1 is 0.500 bits per heavy atom. The van der Waals surface area contributed by atoms with E-state index in [2.05, 4.69) is 0 Å². The summed E-state index contributed by atoms with van der Waals surface area (Å²) in [5.74, 6) is -2.93. The molecule has 4 aromatic carbocycles. The second kappa shape index (κ2) is 10.9. The largest absolute Gasteiger partial charge is 0.378 e. The Labute approximate surface area is 235 Å². The number of benzene rings is 4. The molecule has 0 amide bonds. The molecule has 0 radical (unpaired) electrons. The summed E-state index contributed by atoms with van der Waals surface area (Å²) in [7, 11) is 3.01. The van der Waals surface area contributed by atoms with Crippen LogP contribution in [0.25, 0.3) is 0 Å². The van der Waals surface area contributed by atoms with Gasteiger partial charge >= 0.3 is 0 Å². The summed E-state index contributed by atoms with van der Waals surface area (Å²) in [6.45, 7) is 3.42. The smallest absolute Gasteiger partial charge is 0.220 e. The van der Waals surface area contributed by atoms with Gasteiger partial charge in [-0.05, 0) is 36.1 Å². The van der Waals surface area contributed by atoms with E-state index in [9.17, 15) is 10.2 Å². The lowest BCUT2D eigenvalue weighted by Crippen LogP contribution is -2.72. The third kappa shape index (κ3) is 4.47. The summed E-state index contributed by atoms with van der Waals surface area (Å²) >= 11 is 0. The lowest BCUT2D eigenvalue weighted by molar-refractivity contribution is -0.470. The van der Waals surface area contributed by atoms with Crippen LogP contribution in [-0.4, -0.2) is 48.2 Å². The topological polar surface area (TPSA) is 77.4 Å². The summed E-state index contributed by atoms with van der Waals surface area (Å²) in [5, 5.41) is 25.9. The Balaban J connectivity index is 1.83. The molecule has 2 N–H and O–H groups in total. The molecule has 1 aliphatic rings. The van der Waals surface area contributed by atoms with Crippen molar-refractivity contribution >= 4 is 0 Å². The molecule has 1 saturated heterocycles. The molecule has 6 nitrogen and oxygen atoms in total. The standard InChI is InChI=1S/C34H36O6/c1-31(37-3)32(2,38-4)40-30(34(36,27-21-13-7-14-22-27)28-23-15-8-16-24-28)29(39-31)33(35,25-17-9-5-10-18-25)26-19-11-6-12-20-26/h5-24,29-30,35-36H,1-4H3/t29-,30-,31-,32-/m1/s1. The Morgan fingerprint density at radius 2 is 0.725 bits per heavy atom. The molecule has 0 saturated carbocycles. The third-order valence-corrected chi connectivity index (χ3v) is 8.26. The Kier molecular flexibility index (Phi) is 7.68. The van der Waals surface area contributed by atoms with Gasteiger partial charge in [-0.15, -0.1) is 0 Å². The average Bonchev–Trinajstić information content (AvgIpc) is 3.03. The van der Waals surface area contributed by atoms with Crippen LogP contribution >= 0.6 is 0 Å². The van der Waals surface area contributed by atoms with Crippen LogP contribution in [0.4, 0.5) is 0 Å². The zero-order valence-corrected chi connectivity index (χ0v) is 23.2. The van der Waals surface area contributed by atoms with E-state index >= 15 is 0 Å². The van der Waals surface area contributed by atoms with Crippen molar-refractivity contribution in [1.29, 1.82) is 0 Å². The van der Waals surface area contributed by atoms with E-state index in [1.54, 1.807) is 13.8 Å². The maximum Gasteiger partial charge on any atom is 0.220 e. The van der Waals surface area contributed by atoms with Gasteiger partial charge in [0.05, 0.1) is 0 Å². The minimum Gasteiger partial charge on any atom is -0.378 e. The first-order chi connectivity index (χ1) is 19.2. The van der Waals surface area contributed by atoms with Crippen molar-refractivity contribution in [1.82, 2.24) is 0 Å². The highest BCUT2D eigenvalue weighted by molar-refractivity contribution is 5.43. The molecular weight excluding hydrogens is 504 g/mol. The van der Waals surface area contributed by atoms with Crippen molar-refractivity contribution in [3.63, 3.8) is 0 Å². The van der Waals surface area contributed by atoms with Gasteiger partial charge in [-0.3, -0.25) is 0 Å². The van der Waals surface area contributed by atoms with E-state index < -0.39 is 35.0 Å². The quantitative estimate of drug-likeness (QED) is 0.313. The zero-order chi connectivity index (χ0) is 28.4. The first-order valence-corrected chi connectivity index (χ1v) is 13.4. The monoisotopic (exact) mass is 540 g/mol. The summed E-state index contributed by atoms with van der Waals surface area (Å²) in [5.41, 5.74) is -1.27. The fraction of sp³-hybridized carbons (Fsp3) is 0.294. The van der Waals surface area contributed by atoms with Crippen molar-refractivity contribution in [3.05, 3.63) is 144 Å². The van der Waals surface area contributed by atoms with E-state index in [1.807, 2.05) is 121 Å². The molecule has 1 aliphatic heterocycles. The third-order valence-electron chi connectivity index (χ3n) is 8.26. The predicted molar refractivity (Wildman–Crippen MR) is 152 cm³/mol.